The summed E-state index contributed by atoms with van der Waals surface area (Å²) in [4.78, 5) is 16.2. The number of carbonyl (C=O) groups excluding carboxylic acids is 1. The maximum atomic E-state index is 11.8. The summed E-state index contributed by atoms with van der Waals surface area (Å²) in [6.07, 6.45) is 0.283. The van der Waals surface area contributed by atoms with Crippen LogP contribution < -0.4 is 10.2 Å². The maximum absolute atomic E-state index is 11.8. The first-order valence-corrected chi connectivity index (χ1v) is 8.08. The van der Waals surface area contributed by atoms with Gasteiger partial charge in [-0.3, -0.25) is 10.2 Å². The summed E-state index contributed by atoms with van der Waals surface area (Å²) >= 11 is 1.51. The molecule has 0 spiro atoms. The molecule has 0 bridgehead atoms. The largest absolute Gasteiger partial charge is 0.486 e. The number of thiazole rings is 1. The second-order valence-electron chi connectivity index (χ2n) is 5.06. The molecular formula is C16H21N3O2S. The zero-order chi connectivity index (χ0) is 15.9. The zero-order valence-corrected chi connectivity index (χ0v) is 13.9. The van der Waals surface area contributed by atoms with Crippen LogP contribution in [0.5, 0.6) is 5.75 Å². The molecule has 22 heavy (non-hydrogen) atoms. The molecule has 118 valence electrons. The number of rotatable bonds is 7. The zero-order valence-electron chi connectivity index (χ0n) is 13.1. The topological polar surface area (TPSA) is 54.5 Å². The quantitative estimate of drug-likeness (QED) is 0.797. The molecular weight excluding hydrogens is 298 g/mol. The Morgan fingerprint density at radius 1 is 1.36 bits per heavy atom. The Labute approximate surface area is 134 Å². The number of amides is 1. The van der Waals surface area contributed by atoms with Gasteiger partial charge in [0.25, 0.3) is 0 Å². The smallest absolute Gasteiger partial charge is 0.240 e. The van der Waals surface area contributed by atoms with E-state index in [9.17, 15) is 4.79 Å². The number of carbonyl (C=O) groups is 1. The minimum Gasteiger partial charge on any atom is -0.486 e. The van der Waals surface area contributed by atoms with Crippen LogP contribution in [0.3, 0.4) is 0 Å². The number of nitrogens with zero attached hydrogens (tertiary/aromatic N) is 2. The molecule has 0 aliphatic carbocycles. The fraction of sp³-hybridized carbons (Fsp3) is 0.375. The lowest BCUT2D eigenvalue weighted by molar-refractivity contribution is -0.124. The Morgan fingerprint density at radius 3 is 2.77 bits per heavy atom. The Kier molecular flexibility index (Phi) is 5.91. The Morgan fingerprint density at radius 2 is 2.09 bits per heavy atom. The lowest BCUT2D eigenvalue weighted by Crippen LogP contribution is -2.39. The average Bonchev–Trinajstić information content (AvgIpc) is 2.93. The normalized spacial score (nSPS) is 10.7. The van der Waals surface area contributed by atoms with Crippen LogP contribution in [-0.4, -0.2) is 29.5 Å². The lowest BCUT2D eigenvalue weighted by atomic mass is 10.2. The minimum atomic E-state index is -0.0550. The molecule has 5 nitrogen and oxygen atoms in total. The Bertz CT molecular complexity index is 610. The summed E-state index contributed by atoms with van der Waals surface area (Å²) in [6, 6.07) is 7.91. The van der Waals surface area contributed by atoms with Crippen LogP contribution in [0.25, 0.3) is 0 Å². The first-order valence-electron chi connectivity index (χ1n) is 7.20. The van der Waals surface area contributed by atoms with Crippen molar-refractivity contribution >= 4 is 17.2 Å². The molecule has 1 amide bonds. The number of hydrazine groups is 1. The average molecular weight is 319 g/mol. The molecule has 0 aliphatic rings. The number of benzene rings is 1. The van der Waals surface area contributed by atoms with Gasteiger partial charge >= 0.3 is 0 Å². The van der Waals surface area contributed by atoms with E-state index < -0.39 is 0 Å². The Hall–Kier alpha value is -1.92. The number of aromatic nitrogens is 1. The van der Waals surface area contributed by atoms with E-state index in [1.807, 2.05) is 50.5 Å². The highest BCUT2D eigenvalue weighted by Gasteiger charge is 2.09. The summed E-state index contributed by atoms with van der Waals surface area (Å²) in [6.45, 7) is 5.20. The third kappa shape index (κ3) is 5.13. The molecule has 0 aliphatic heterocycles. The van der Waals surface area contributed by atoms with Crippen molar-refractivity contribution < 1.29 is 9.53 Å². The van der Waals surface area contributed by atoms with E-state index in [-0.39, 0.29) is 12.3 Å². The summed E-state index contributed by atoms with van der Waals surface area (Å²) in [7, 11) is 1.83. The van der Waals surface area contributed by atoms with E-state index in [0.29, 0.717) is 6.61 Å². The van der Waals surface area contributed by atoms with Crippen molar-refractivity contribution in [2.24, 2.45) is 0 Å². The summed E-state index contributed by atoms with van der Waals surface area (Å²) in [5.74, 6) is 0.769. The fourth-order valence-electron chi connectivity index (χ4n) is 1.77. The third-order valence-electron chi connectivity index (χ3n) is 3.11. The number of nitrogens with one attached hydrogen (secondary N) is 1. The van der Waals surface area contributed by atoms with Crippen LogP contribution in [0.4, 0.5) is 0 Å². The molecule has 0 unspecified atom stereocenters. The van der Waals surface area contributed by atoms with Gasteiger partial charge in [-0.2, -0.15) is 0 Å². The van der Waals surface area contributed by atoms with Crippen LogP contribution in [0.15, 0.2) is 29.6 Å². The lowest BCUT2D eigenvalue weighted by Gasteiger charge is -2.14. The van der Waals surface area contributed by atoms with Gasteiger partial charge in [-0.1, -0.05) is 24.6 Å². The number of hydrogen-bond acceptors (Lipinski definition) is 5. The molecule has 1 N–H and O–H groups in total. The highest BCUT2D eigenvalue weighted by Crippen LogP contribution is 2.16. The molecule has 0 atom stereocenters. The highest BCUT2D eigenvalue weighted by atomic mass is 32.1. The van der Waals surface area contributed by atoms with Crippen LogP contribution in [-0.2, 0) is 17.8 Å². The predicted molar refractivity (Wildman–Crippen MR) is 87.8 cm³/mol. The van der Waals surface area contributed by atoms with E-state index in [1.165, 1.54) is 16.9 Å². The molecule has 1 aromatic heterocycles. The van der Waals surface area contributed by atoms with Gasteiger partial charge in [0, 0.05) is 19.0 Å². The monoisotopic (exact) mass is 319 g/mol. The molecule has 0 saturated heterocycles. The Balaban J connectivity index is 1.83. The van der Waals surface area contributed by atoms with Gasteiger partial charge in [0.1, 0.15) is 17.4 Å². The number of hydrogen-bond donors (Lipinski definition) is 1. The van der Waals surface area contributed by atoms with E-state index in [1.54, 1.807) is 5.01 Å². The molecule has 1 heterocycles. The van der Waals surface area contributed by atoms with Gasteiger partial charge in [0.2, 0.25) is 5.91 Å². The van der Waals surface area contributed by atoms with Crippen LogP contribution >= 0.6 is 11.3 Å². The molecule has 2 rings (SSSR count). The van der Waals surface area contributed by atoms with Gasteiger partial charge in [-0.05, 0) is 19.1 Å². The summed E-state index contributed by atoms with van der Waals surface area (Å²) < 4.78 is 5.69. The fourth-order valence-corrected chi connectivity index (χ4v) is 2.48. The van der Waals surface area contributed by atoms with Crippen molar-refractivity contribution in [3.8, 4) is 5.75 Å². The van der Waals surface area contributed by atoms with Gasteiger partial charge in [0.05, 0.1) is 12.1 Å². The van der Waals surface area contributed by atoms with Crippen molar-refractivity contribution in [2.45, 2.75) is 26.9 Å². The summed E-state index contributed by atoms with van der Waals surface area (Å²) in [5.41, 5.74) is 4.75. The van der Waals surface area contributed by atoms with Crippen molar-refractivity contribution in [3.63, 3.8) is 0 Å². The molecule has 0 saturated carbocycles. The van der Waals surface area contributed by atoms with Crippen molar-refractivity contribution in [3.05, 3.63) is 45.9 Å². The second kappa shape index (κ2) is 7.91. The SMILES string of the molecule is CCN(C)NC(=O)Cc1csc(COc2ccc(C)cc2)n1. The van der Waals surface area contributed by atoms with Crippen LogP contribution in [0.1, 0.15) is 23.2 Å². The first-order chi connectivity index (χ1) is 10.6. The first kappa shape index (κ1) is 16.5. The van der Waals surface area contributed by atoms with E-state index in [0.717, 1.165) is 23.0 Å². The molecule has 0 fully saturated rings. The molecule has 1 aromatic carbocycles. The van der Waals surface area contributed by atoms with Crippen molar-refractivity contribution in [1.82, 2.24) is 15.4 Å². The predicted octanol–water partition coefficient (Wildman–Crippen LogP) is 2.56. The summed E-state index contributed by atoms with van der Waals surface area (Å²) in [5, 5.41) is 4.52. The van der Waals surface area contributed by atoms with Gasteiger partial charge in [-0.15, -0.1) is 11.3 Å². The highest BCUT2D eigenvalue weighted by molar-refractivity contribution is 7.09. The van der Waals surface area contributed by atoms with E-state index >= 15 is 0 Å². The molecule has 0 radical (unpaired) electrons. The number of ether oxygens (including phenoxy) is 1. The standard InChI is InChI=1S/C16H21N3O2S/c1-4-19(3)18-15(20)9-13-11-22-16(17-13)10-21-14-7-5-12(2)6-8-14/h5-8,11H,4,9-10H2,1-3H3,(H,18,20). The van der Waals surface area contributed by atoms with Crippen LogP contribution in [0.2, 0.25) is 0 Å². The van der Waals surface area contributed by atoms with Crippen molar-refractivity contribution in [1.29, 1.82) is 0 Å². The minimum absolute atomic E-state index is 0.0550. The van der Waals surface area contributed by atoms with E-state index in [2.05, 4.69) is 10.4 Å². The van der Waals surface area contributed by atoms with Crippen molar-refractivity contribution in [2.75, 3.05) is 13.6 Å². The van der Waals surface area contributed by atoms with Gasteiger partial charge in [-0.25, -0.2) is 9.99 Å². The van der Waals surface area contributed by atoms with Gasteiger partial charge < -0.3 is 4.74 Å². The maximum Gasteiger partial charge on any atom is 0.240 e. The second-order valence-corrected chi connectivity index (χ2v) is 6.00. The van der Waals surface area contributed by atoms with E-state index in [4.69, 9.17) is 4.74 Å². The van der Waals surface area contributed by atoms with Gasteiger partial charge in [0.15, 0.2) is 0 Å². The number of aryl methyl sites for hydroxylation is 1. The molecule has 6 heteroatoms. The molecule has 2 aromatic rings. The third-order valence-corrected chi connectivity index (χ3v) is 3.99. The van der Waals surface area contributed by atoms with Crippen LogP contribution in [0, 0.1) is 6.92 Å².